The van der Waals surface area contributed by atoms with E-state index in [1.807, 2.05) is 43.3 Å². The van der Waals surface area contributed by atoms with Gasteiger partial charge in [0.25, 0.3) is 0 Å². The van der Waals surface area contributed by atoms with E-state index in [1.54, 1.807) is 6.92 Å². The number of hydrogen-bond acceptors (Lipinski definition) is 10. The smallest absolute Gasteiger partial charge is 0.312 e. The predicted molar refractivity (Wildman–Crippen MR) is 152 cm³/mol. The van der Waals surface area contributed by atoms with Crippen LogP contribution in [0.2, 0.25) is 0 Å². The van der Waals surface area contributed by atoms with Crippen LogP contribution in [0.3, 0.4) is 0 Å². The lowest BCUT2D eigenvalue weighted by Gasteiger charge is -2.12. The molecule has 5 aromatic rings. The monoisotopic (exact) mass is 561 g/mol. The fraction of sp³-hybridized carbons (Fsp3) is 0.296. The van der Waals surface area contributed by atoms with Crippen molar-refractivity contribution in [3.8, 4) is 0 Å². The van der Waals surface area contributed by atoms with Gasteiger partial charge in [0.05, 0.1) is 23.8 Å². The minimum absolute atomic E-state index is 0.0190. The second-order valence-electron chi connectivity index (χ2n) is 8.66. The number of hydrogen-bond donors (Lipinski definition) is 1. The number of amides is 1. The molecule has 12 heteroatoms. The number of thioether (sulfide) groups is 1. The minimum atomic E-state index is -0.469. The van der Waals surface area contributed by atoms with Crippen LogP contribution in [-0.2, 0) is 33.7 Å². The highest BCUT2D eigenvalue weighted by molar-refractivity contribution is 8.00. The van der Waals surface area contributed by atoms with Gasteiger partial charge < -0.3 is 9.30 Å². The van der Waals surface area contributed by atoms with E-state index in [-0.39, 0.29) is 18.3 Å². The van der Waals surface area contributed by atoms with Gasteiger partial charge in [-0.2, -0.15) is 0 Å². The van der Waals surface area contributed by atoms with E-state index < -0.39 is 5.25 Å². The summed E-state index contributed by atoms with van der Waals surface area (Å²) in [5.41, 5.74) is 3.77. The molecule has 2 aromatic carbocycles. The van der Waals surface area contributed by atoms with Crippen molar-refractivity contribution < 1.29 is 14.3 Å². The molecule has 39 heavy (non-hydrogen) atoms. The summed E-state index contributed by atoms with van der Waals surface area (Å²) in [6, 6.07) is 18.4. The Morgan fingerprint density at radius 2 is 1.82 bits per heavy atom. The summed E-state index contributed by atoms with van der Waals surface area (Å²) in [5.74, 6) is -0.621. The summed E-state index contributed by atoms with van der Waals surface area (Å²) in [6.45, 7) is 4.70. The van der Waals surface area contributed by atoms with E-state index in [0.717, 1.165) is 46.4 Å². The largest absolute Gasteiger partial charge is 0.466 e. The van der Waals surface area contributed by atoms with E-state index in [4.69, 9.17) is 9.72 Å². The average molecular weight is 562 g/mol. The van der Waals surface area contributed by atoms with Gasteiger partial charge in [-0.1, -0.05) is 78.6 Å². The first-order chi connectivity index (χ1) is 19.1. The normalized spacial score (nSPS) is 12.1. The van der Waals surface area contributed by atoms with Crippen molar-refractivity contribution in [1.82, 2.24) is 29.9 Å². The number of ether oxygens (including phenoxy) is 1. The molecule has 1 amide bonds. The van der Waals surface area contributed by atoms with Crippen molar-refractivity contribution in [2.75, 3.05) is 11.9 Å². The Morgan fingerprint density at radius 3 is 2.62 bits per heavy atom. The number of aromatic nitrogens is 6. The van der Waals surface area contributed by atoms with Gasteiger partial charge in [-0.05, 0) is 31.4 Å². The zero-order chi connectivity index (χ0) is 27.2. The maximum Gasteiger partial charge on any atom is 0.312 e. The second kappa shape index (κ2) is 12.3. The molecule has 0 aliphatic heterocycles. The molecule has 0 saturated heterocycles. The topological polar surface area (TPSA) is 125 Å². The third-order valence-electron chi connectivity index (χ3n) is 6.03. The highest BCUT2D eigenvalue weighted by Crippen LogP contribution is 2.30. The molecule has 3 aromatic heterocycles. The molecule has 0 saturated carbocycles. The molecule has 200 valence electrons. The predicted octanol–water partition coefficient (Wildman–Crippen LogP) is 4.69. The number of anilines is 1. The van der Waals surface area contributed by atoms with Gasteiger partial charge >= 0.3 is 5.97 Å². The van der Waals surface area contributed by atoms with Crippen molar-refractivity contribution in [1.29, 1.82) is 0 Å². The van der Waals surface area contributed by atoms with E-state index >= 15 is 0 Å². The molecule has 0 radical (unpaired) electrons. The van der Waals surface area contributed by atoms with Crippen LogP contribution in [0.5, 0.6) is 0 Å². The summed E-state index contributed by atoms with van der Waals surface area (Å²) in [7, 11) is 0. The van der Waals surface area contributed by atoms with Crippen molar-refractivity contribution in [3.05, 3.63) is 65.2 Å². The molecule has 1 atom stereocenters. The van der Waals surface area contributed by atoms with Crippen molar-refractivity contribution in [2.24, 2.45) is 0 Å². The Labute approximate surface area is 233 Å². The highest BCUT2D eigenvalue weighted by Gasteiger charge is 2.23. The van der Waals surface area contributed by atoms with Gasteiger partial charge in [0.1, 0.15) is 10.5 Å². The Morgan fingerprint density at radius 1 is 1.03 bits per heavy atom. The molecule has 0 spiro atoms. The number of para-hydroxylation sites is 1. The number of esters is 1. The first kappa shape index (κ1) is 26.7. The molecule has 3 heterocycles. The van der Waals surface area contributed by atoms with Crippen LogP contribution in [0.15, 0.2) is 59.8 Å². The quantitative estimate of drug-likeness (QED) is 0.181. The zero-order valence-corrected chi connectivity index (χ0v) is 23.2. The molecule has 0 aliphatic rings. The van der Waals surface area contributed by atoms with Crippen LogP contribution in [0.25, 0.3) is 22.1 Å². The number of rotatable bonds is 11. The van der Waals surface area contributed by atoms with Gasteiger partial charge in [-0.25, -0.2) is 4.98 Å². The van der Waals surface area contributed by atoms with Crippen LogP contribution in [0.1, 0.15) is 30.8 Å². The SMILES string of the molecule is CCOC(=O)Cc1nnc(NC(=O)C(CC)Sc2nnc3c4ccccc4n(CCc4ccccc4)c3n2)s1. The number of fused-ring (bicyclic) bond motifs is 3. The Balaban J connectivity index is 1.34. The van der Waals surface area contributed by atoms with Crippen LogP contribution < -0.4 is 5.32 Å². The molecular weight excluding hydrogens is 534 g/mol. The fourth-order valence-electron chi connectivity index (χ4n) is 4.20. The first-order valence-electron chi connectivity index (χ1n) is 12.7. The first-order valence-corrected chi connectivity index (χ1v) is 14.4. The van der Waals surface area contributed by atoms with Crippen LogP contribution in [-0.4, -0.2) is 53.7 Å². The Kier molecular flexibility index (Phi) is 8.42. The zero-order valence-electron chi connectivity index (χ0n) is 21.5. The lowest BCUT2D eigenvalue weighted by molar-refractivity contribution is -0.142. The van der Waals surface area contributed by atoms with E-state index in [1.165, 1.54) is 17.3 Å². The summed E-state index contributed by atoms with van der Waals surface area (Å²) in [5, 5.41) is 21.4. The number of aryl methyl sites for hydroxylation is 2. The van der Waals surface area contributed by atoms with E-state index in [2.05, 4.69) is 48.5 Å². The molecule has 1 N–H and O–H groups in total. The molecule has 0 fully saturated rings. The van der Waals surface area contributed by atoms with Gasteiger partial charge in [-0.3, -0.25) is 14.9 Å². The van der Waals surface area contributed by atoms with E-state index in [9.17, 15) is 9.59 Å². The second-order valence-corrected chi connectivity index (χ2v) is 10.9. The third-order valence-corrected chi connectivity index (χ3v) is 8.08. The number of nitrogens with zero attached hydrogens (tertiary/aromatic N) is 6. The van der Waals surface area contributed by atoms with Gasteiger partial charge in [-0.15, -0.1) is 20.4 Å². The van der Waals surface area contributed by atoms with Gasteiger partial charge in [0.2, 0.25) is 16.2 Å². The van der Waals surface area contributed by atoms with Gasteiger partial charge in [0.15, 0.2) is 5.65 Å². The van der Waals surface area contributed by atoms with Crippen LogP contribution >= 0.6 is 23.1 Å². The van der Waals surface area contributed by atoms with E-state index in [0.29, 0.717) is 28.3 Å². The molecule has 10 nitrogen and oxygen atoms in total. The van der Waals surface area contributed by atoms with Crippen molar-refractivity contribution in [2.45, 2.75) is 50.1 Å². The highest BCUT2D eigenvalue weighted by atomic mass is 32.2. The maximum absolute atomic E-state index is 13.0. The number of carbonyl (C=O) groups excluding carboxylic acids is 2. The van der Waals surface area contributed by atoms with Crippen molar-refractivity contribution in [3.63, 3.8) is 0 Å². The van der Waals surface area contributed by atoms with Crippen LogP contribution in [0, 0.1) is 0 Å². The number of carbonyl (C=O) groups is 2. The molecule has 0 bridgehead atoms. The van der Waals surface area contributed by atoms with Crippen molar-refractivity contribution >= 4 is 62.2 Å². The minimum Gasteiger partial charge on any atom is -0.466 e. The summed E-state index contributed by atoms with van der Waals surface area (Å²) in [4.78, 5) is 29.6. The maximum atomic E-state index is 13.0. The molecule has 1 unspecified atom stereocenters. The Hall–Kier alpha value is -3.90. The third kappa shape index (κ3) is 6.23. The average Bonchev–Trinajstić information content (AvgIpc) is 3.52. The standard InChI is InChI=1S/C27H27N7O3S2/c1-3-20(25(36)29-27-32-30-21(39-27)16-22(35)37-4-2)38-26-28-24-23(31-33-26)18-12-8-9-13-19(18)34(24)15-14-17-10-6-5-7-11-17/h5-13,20H,3-4,14-16H2,1-2H3,(H,29,32,36). The number of benzene rings is 2. The number of nitrogens with one attached hydrogen (secondary N) is 1. The molecule has 5 rings (SSSR count). The fourth-order valence-corrected chi connectivity index (χ4v) is 5.74. The lowest BCUT2D eigenvalue weighted by atomic mass is 10.1. The molecule has 0 aliphatic carbocycles. The van der Waals surface area contributed by atoms with Crippen LogP contribution in [0.4, 0.5) is 5.13 Å². The molecular formula is C27H27N7O3S2. The summed E-state index contributed by atoms with van der Waals surface area (Å²) < 4.78 is 7.11. The summed E-state index contributed by atoms with van der Waals surface area (Å²) in [6.07, 6.45) is 1.41. The lowest BCUT2D eigenvalue weighted by Crippen LogP contribution is -2.24. The summed E-state index contributed by atoms with van der Waals surface area (Å²) >= 11 is 2.41. The Bertz CT molecular complexity index is 1600. The van der Waals surface area contributed by atoms with Gasteiger partial charge in [0, 0.05) is 11.9 Å².